The number of fused-ring (bicyclic) bond motifs is 1. The third-order valence-corrected chi connectivity index (χ3v) is 11.6. The van der Waals surface area contributed by atoms with E-state index in [1.165, 1.54) is 19.3 Å². The zero-order valence-electron chi connectivity index (χ0n) is 29.7. The van der Waals surface area contributed by atoms with Gasteiger partial charge in [-0.3, -0.25) is 5.10 Å². The first-order valence-electron chi connectivity index (χ1n) is 18.2. The van der Waals surface area contributed by atoms with E-state index in [2.05, 4.69) is 95.4 Å². The van der Waals surface area contributed by atoms with Crippen molar-refractivity contribution in [3.8, 4) is 17.7 Å². The topological polar surface area (TPSA) is 110 Å². The lowest BCUT2D eigenvalue weighted by Gasteiger charge is -2.37. The fourth-order valence-electron chi connectivity index (χ4n) is 7.82. The molecule has 2 N–H and O–H groups in total. The van der Waals surface area contributed by atoms with Crippen LogP contribution in [0.5, 0.6) is 0 Å². The highest BCUT2D eigenvalue weighted by molar-refractivity contribution is 5.83. The molecule has 4 aromatic heterocycles. The van der Waals surface area contributed by atoms with Gasteiger partial charge in [-0.05, 0) is 80.2 Å². The van der Waals surface area contributed by atoms with Crippen molar-refractivity contribution in [3.63, 3.8) is 0 Å². The van der Waals surface area contributed by atoms with E-state index in [0.717, 1.165) is 60.1 Å². The Labute approximate surface area is 285 Å². The lowest BCUT2D eigenvalue weighted by atomic mass is 9.74. The Bertz CT molecular complexity index is 1690. The van der Waals surface area contributed by atoms with E-state index >= 15 is 0 Å². The predicted octanol–water partition coefficient (Wildman–Crippen LogP) is 6.73. The number of aliphatic hydroxyl groups is 1. The highest BCUT2D eigenvalue weighted by atomic mass is 16.5. The van der Waals surface area contributed by atoms with Gasteiger partial charge in [-0.2, -0.15) is 14.9 Å². The van der Waals surface area contributed by atoms with Gasteiger partial charge in [0.05, 0.1) is 43.6 Å². The van der Waals surface area contributed by atoms with Gasteiger partial charge in [-0.25, -0.2) is 9.97 Å². The number of nitrogens with zero attached hydrogens (tertiary/aromatic N) is 7. The molecule has 5 heterocycles. The molecule has 10 nitrogen and oxygen atoms in total. The molecule has 1 aliphatic carbocycles. The molecule has 10 heteroatoms. The van der Waals surface area contributed by atoms with E-state index in [4.69, 9.17) is 9.72 Å². The molecule has 0 spiro atoms. The van der Waals surface area contributed by atoms with Gasteiger partial charge in [0.15, 0.2) is 11.5 Å². The van der Waals surface area contributed by atoms with Gasteiger partial charge in [0.25, 0.3) is 0 Å². The minimum absolute atomic E-state index is 0.179. The molecule has 0 bridgehead atoms. The van der Waals surface area contributed by atoms with E-state index in [9.17, 15) is 5.11 Å². The number of imidazole rings is 1. The maximum Gasteiger partial charge on any atom is 0.167 e. The monoisotopic (exact) mass is 654 g/mol. The van der Waals surface area contributed by atoms with E-state index in [-0.39, 0.29) is 12.0 Å². The van der Waals surface area contributed by atoms with Crippen LogP contribution in [0.25, 0.3) is 16.9 Å². The summed E-state index contributed by atoms with van der Waals surface area (Å²) in [5.74, 6) is 11.5. The van der Waals surface area contributed by atoms with Crippen LogP contribution in [0.1, 0.15) is 97.7 Å². The summed E-state index contributed by atoms with van der Waals surface area (Å²) in [6.07, 6.45) is 14.1. The summed E-state index contributed by atoms with van der Waals surface area (Å²) in [4.78, 5) is 12.0. The number of hydrogen-bond donors (Lipinski definition) is 2. The number of ether oxygens (including phenoxy) is 1. The summed E-state index contributed by atoms with van der Waals surface area (Å²) in [6, 6.07) is 4.13. The van der Waals surface area contributed by atoms with E-state index < -0.39 is 5.60 Å². The molecule has 258 valence electrons. The fraction of sp³-hybridized carbons (Fsp3) is 0.632. The Morgan fingerprint density at radius 2 is 1.94 bits per heavy atom. The Morgan fingerprint density at radius 3 is 2.65 bits per heavy atom. The summed E-state index contributed by atoms with van der Waals surface area (Å²) in [5, 5.41) is 24.9. The molecule has 2 fully saturated rings. The summed E-state index contributed by atoms with van der Waals surface area (Å²) in [5.41, 5.74) is 1.43. The minimum atomic E-state index is -0.994. The minimum Gasteiger partial charge on any atom is -0.385 e. The molecule has 2 aliphatic rings. The Hall–Kier alpha value is -3.68. The van der Waals surface area contributed by atoms with Crippen LogP contribution in [0.3, 0.4) is 0 Å². The van der Waals surface area contributed by atoms with E-state index in [1.807, 2.05) is 18.6 Å². The molecule has 1 saturated heterocycles. The number of rotatable bonds is 11. The lowest BCUT2D eigenvalue weighted by molar-refractivity contribution is -0.00661. The predicted molar refractivity (Wildman–Crippen MR) is 190 cm³/mol. The molecule has 6 rings (SSSR count). The standard InChI is InChI=1S/C38H54N8O2/c1-7-26(3)29(6)32(27(4)8-2)14-18-44-23-31(39-25-44)10-9-30-11-15-38(47,16-12-30)34-21-36(45-19-20-48-24-28(45)5)42-37-33(34)22-41-46(37)35-13-17-40-43-35/h13,17,21-23,25-30,32,47H,7-8,11-12,14-16,18-20,24H2,1-6H3,(H,40,43)/t26?,27?,28-,29?,30?,32?,38?/m1/s1. The maximum absolute atomic E-state index is 12.2. The number of aromatic nitrogens is 7. The zero-order chi connectivity index (χ0) is 33.8. The largest absolute Gasteiger partial charge is 0.385 e. The van der Waals surface area contributed by atoms with Crippen LogP contribution in [-0.2, 0) is 16.9 Å². The van der Waals surface area contributed by atoms with Crippen LogP contribution in [0.4, 0.5) is 5.82 Å². The first-order chi connectivity index (χ1) is 23.2. The maximum atomic E-state index is 12.2. The molecule has 0 amide bonds. The first kappa shape index (κ1) is 34.2. The van der Waals surface area contributed by atoms with Gasteiger partial charge in [0, 0.05) is 36.7 Å². The Kier molecular flexibility index (Phi) is 10.6. The summed E-state index contributed by atoms with van der Waals surface area (Å²) in [6.45, 7) is 17.0. The second-order valence-corrected chi connectivity index (χ2v) is 14.5. The van der Waals surface area contributed by atoms with Crippen LogP contribution < -0.4 is 4.90 Å². The lowest BCUT2D eigenvalue weighted by Crippen LogP contribution is -2.44. The van der Waals surface area contributed by atoms with Gasteiger partial charge in [0.2, 0.25) is 0 Å². The van der Waals surface area contributed by atoms with Crippen LogP contribution in [-0.4, -0.2) is 65.4 Å². The normalized spacial score (nSPS) is 24.2. The molecule has 4 unspecified atom stereocenters. The van der Waals surface area contributed by atoms with Crippen LogP contribution in [0, 0.1) is 41.4 Å². The van der Waals surface area contributed by atoms with Crippen molar-refractivity contribution in [2.24, 2.45) is 29.6 Å². The molecular weight excluding hydrogens is 600 g/mol. The van der Waals surface area contributed by atoms with Crippen molar-refractivity contribution in [2.75, 3.05) is 24.7 Å². The van der Waals surface area contributed by atoms with E-state index in [0.29, 0.717) is 49.5 Å². The van der Waals surface area contributed by atoms with Crippen LogP contribution in [0.15, 0.2) is 37.1 Å². The molecule has 0 radical (unpaired) electrons. The van der Waals surface area contributed by atoms with Gasteiger partial charge in [-0.15, -0.1) is 0 Å². The number of aryl methyl sites for hydroxylation is 1. The summed E-state index contributed by atoms with van der Waals surface area (Å²) < 4.78 is 9.70. The second kappa shape index (κ2) is 14.8. The number of pyridine rings is 1. The van der Waals surface area contributed by atoms with Crippen LogP contribution in [0.2, 0.25) is 0 Å². The molecule has 0 aromatic carbocycles. The number of H-pyrrole nitrogens is 1. The van der Waals surface area contributed by atoms with Crippen molar-refractivity contribution in [1.29, 1.82) is 0 Å². The third kappa shape index (κ3) is 7.18. The van der Waals surface area contributed by atoms with Crippen molar-refractivity contribution in [2.45, 2.75) is 105 Å². The number of morpholine rings is 1. The number of anilines is 1. The summed E-state index contributed by atoms with van der Waals surface area (Å²) in [7, 11) is 0. The summed E-state index contributed by atoms with van der Waals surface area (Å²) >= 11 is 0. The van der Waals surface area contributed by atoms with Gasteiger partial charge >= 0.3 is 0 Å². The quantitative estimate of drug-likeness (QED) is 0.173. The zero-order valence-corrected chi connectivity index (χ0v) is 29.7. The number of hydrogen-bond acceptors (Lipinski definition) is 7. The van der Waals surface area contributed by atoms with Crippen molar-refractivity contribution >= 4 is 16.9 Å². The first-order valence-corrected chi connectivity index (χ1v) is 18.2. The Balaban J connectivity index is 1.16. The highest BCUT2D eigenvalue weighted by Gasteiger charge is 2.38. The molecular formula is C38H54N8O2. The molecule has 1 saturated carbocycles. The SMILES string of the molecule is CCC(C)C(C)C(CCn1cnc(C#CC2CCC(O)(c3cc(N4CCOC[C@H]4C)nc4c3cnn4-c3ccn[nH]3)CC2)c1)C(C)CC. The molecule has 1 aliphatic heterocycles. The van der Waals surface area contributed by atoms with E-state index in [1.54, 1.807) is 10.9 Å². The average molecular weight is 655 g/mol. The van der Waals surface area contributed by atoms with Gasteiger partial charge in [-0.1, -0.05) is 53.4 Å². The number of nitrogens with one attached hydrogen (secondary N) is 1. The number of aromatic amines is 1. The average Bonchev–Trinajstić information content (AvgIpc) is 3.89. The van der Waals surface area contributed by atoms with Gasteiger partial charge < -0.3 is 19.3 Å². The molecule has 5 atom stereocenters. The molecule has 48 heavy (non-hydrogen) atoms. The molecule has 4 aromatic rings. The van der Waals surface area contributed by atoms with Gasteiger partial charge in [0.1, 0.15) is 11.5 Å². The third-order valence-electron chi connectivity index (χ3n) is 11.6. The van der Waals surface area contributed by atoms with Crippen LogP contribution >= 0.6 is 0 Å². The smallest absolute Gasteiger partial charge is 0.167 e. The fourth-order valence-corrected chi connectivity index (χ4v) is 7.82. The van der Waals surface area contributed by atoms with Crippen molar-refractivity contribution in [3.05, 3.63) is 48.3 Å². The highest BCUT2D eigenvalue weighted by Crippen LogP contribution is 2.43. The van der Waals surface area contributed by atoms with Crippen molar-refractivity contribution in [1.82, 2.24) is 34.5 Å². The Morgan fingerprint density at radius 1 is 1.15 bits per heavy atom. The second-order valence-electron chi connectivity index (χ2n) is 14.5. The van der Waals surface area contributed by atoms with Crippen molar-refractivity contribution < 1.29 is 9.84 Å².